The van der Waals surface area contributed by atoms with Crippen LogP contribution >= 0.6 is 0 Å². The number of carbonyl (C=O) groups is 2. The predicted octanol–water partition coefficient (Wildman–Crippen LogP) is 1.33. The molecule has 19 heavy (non-hydrogen) atoms. The number of carbonyl (C=O) groups excluding carboxylic acids is 1. The molecular formula is C13H17NO5. The van der Waals surface area contributed by atoms with Gasteiger partial charge in [0.15, 0.2) is 0 Å². The Balaban J connectivity index is 2.66. The summed E-state index contributed by atoms with van der Waals surface area (Å²) in [6.07, 6.45) is 1.18. The number of carboxylic acid groups (broad SMARTS) is 1. The van der Waals surface area contributed by atoms with Gasteiger partial charge in [0.2, 0.25) is 0 Å². The smallest absolute Gasteiger partial charge is 0.308 e. The molecule has 0 fully saturated rings. The van der Waals surface area contributed by atoms with Gasteiger partial charge in [0.05, 0.1) is 5.92 Å². The van der Waals surface area contributed by atoms with Gasteiger partial charge in [-0.2, -0.15) is 0 Å². The number of nitrogens with one attached hydrogen (secondary N) is 1. The Bertz CT molecular complexity index is 452. The number of carboxylic acids is 1. The summed E-state index contributed by atoms with van der Waals surface area (Å²) >= 11 is 0. The molecule has 1 amide bonds. The molecule has 0 saturated carbocycles. The Hall–Kier alpha value is -2.24. The second-order valence-electron chi connectivity index (χ2n) is 4.27. The summed E-state index contributed by atoms with van der Waals surface area (Å²) in [6, 6.07) is 3.50. The van der Waals surface area contributed by atoms with E-state index in [0.717, 1.165) is 6.07 Å². The van der Waals surface area contributed by atoms with Crippen LogP contribution in [-0.2, 0) is 4.79 Å². The maximum Gasteiger partial charge on any atom is 0.308 e. The molecule has 1 atom stereocenters. The third-order valence-corrected chi connectivity index (χ3v) is 2.66. The molecule has 6 nitrogen and oxygen atoms in total. The minimum atomic E-state index is -0.957. The average molecular weight is 267 g/mol. The fraction of sp³-hybridized carbons (Fsp3) is 0.385. The molecule has 0 spiro atoms. The lowest BCUT2D eigenvalue weighted by atomic mass is 10.0. The molecule has 0 heterocycles. The topological polar surface area (TPSA) is 107 Å². The molecule has 6 heteroatoms. The summed E-state index contributed by atoms with van der Waals surface area (Å²) in [7, 11) is 0. The molecule has 0 bridgehead atoms. The lowest BCUT2D eigenvalue weighted by Crippen LogP contribution is -2.32. The molecule has 0 aliphatic rings. The van der Waals surface area contributed by atoms with Gasteiger partial charge in [-0.05, 0) is 18.6 Å². The SMILES string of the molecule is CCCC(CNC(=O)c1cc(O)cc(O)c1)C(=O)O. The fourth-order valence-corrected chi connectivity index (χ4v) is 1.71. The van der Waals surface area contributed by atoms with Crippen LogP contribution in [0.2, 0.25) is 0 Å². The Morgan fingerprint density at radius 3 is 2.26 bits per heavy atom. The highest BCUT2D eigenvalue weighted by atomic mass is 16.4. The van der Waals surface area contributed by atoms with Crippen LogP contribution in [0.3, 0.4) is 0 Å². The van der Waals surface area contributed by atoms with Crippen molar-refractivity contribution in [2.75, 3.05) is 6.54 Å². The van der Waals surface area contributed by atoms with E-state index in [1.807, 2.05) is 6.92 Å². The van der Waals surface area contributed by atoms with Gasteiger partial charge in [-0.3, -0.25) is 9.59 Å². The van der Waals surface area contributed by atoms with E-state index in [1.165, 1.54) is 12.1 Å². The van der Waals surface area contributed by atoms with E-state index < -0.39 is 17.8 Å². The summed E-state index contributed by atoms with van der Waals surface area (Å²) in [5, 5.41) is 29.9. The third-order valence-electron chi connectivity index (χ3n) is 2.66. The lowest BCUT2D eigenvalue weighted by Gasteiger charge is -2.12. The van der Waals surface area contributed by atoms with Gasteiger partial charge in [0.1, 0.15) is 11.5 Å². The number of benzene rings is 1. The van der Waals surface area contributed by atoms with Crippen molar-refractivity contribution in [1.82, 2.24) is 5.32 Å². The highest BCUT2D eigenvalue weighted by Crippen LogP contribution is 2.20. The first-order valence-electron chi connectivity index (χ1n) is 5.98. The zero-order valence-electron chi connectivity index (χ0n) is 10.6. The highest BCUT2D eigenvalue weighted by Gasteiger charge is 2.18. The van der Waals surface area contributed by atoms with E-state index in [4.69, 9.17) is 5.11 Å². The third kappa shape index (κ3) is 4.50. The molecule has 1 aromatic carbocycles. The number of rotatable bonds is 6. The maximum absolute atomic E-state index is 11.8. The molecule has 0 radical (unpaired) electrons. The van der Waals surface area contributed by atoms with Gasteiger partial charge in [-0.15, -0.1) is 0 Å². The van der Waals surface area contributed by atoms with E-state index >= 15 is 0 Å². The lowest BCUT2D eigenvalue weighted by molar-refractivity contribution is -0.141. The number of hydrogen-bond acceptors (Lipinski definition) is 4. The molecule has 0 aromatic heterocycles. The van der Waals surface area contributed by atoms with E-state index in [0.29, 0.717) is 12.8 Å². The number of amides is 1. The second-order valence-corrected chi connectivity index (χ2v) is 4.27. The van der Waals surface area contributed by atoms with Crippen molar-refractivity contribution in [2.24, 2.45) is 5.92 Å². The zero-order valence-corrected chi connectivity index (χ0v) is 10.6. The largest absolute Gasteiger partial charge is 0.508 e. The maximum atomic E-state index is 11.8. The molecule has 104 valence electrons. The van der Waals surface area contributed by atoms with Crippen LogP contribution in [0, 0.1) is 5.92 Å². The first-order valence-corrected chi connectivity index (χ1v) is 5.98. The van der Waals surface area contributed by atoms with Crippen molar-refractivity contribution in [1.29, 1.82) is 0 Å². The van der Waals surface area contributed by atoms with Gasteiger partial charge in [-0.25, -0.2) is 0 Å². The van der Waals surface area contributed by atoms with Crippen molar-refractivity contribution >= 4 is 11.9 Å². The molecule has 0 aliphatic heterocycles. The Morgan fingerprint density at radius 1 is 1.21 bits per heavy atom. The van der Waals surface area contributed by atoms with Crippen LogP contribution in [0.25, 0.3) is 0 Å². The molecular weight excluding hydrogens is 250 g/mol. The first kappa shape index (κ1) is 14.8. The standard InChI is InChI=1S/C13H17NO5/c1-2-3-8(13(18)19)7-14-12(17)9-4-10(15)6-11(16)5-9/h4-6,8,15-16H,2-3,7H2,1H3,(H,14,17)(H,18,19). The molecule has 1 unspecified atom stereocenters. The molecule has 0 saturated heterocycles. The fourth-order valence-electron chi connectivity index (χ4n) is 1.71. The van der Waals surface area contributed by atoms with Crippen molar-refractivity contribution in [3.05, 3.63) is 23.8 Å². The van der Waals surface area contributed by atoms with Crippen molar-refractivity contribution in [3.63, 3.8) is 0 Å². The van der Waals surface area contributed by atoms with Crippen LogP contribution in [0.5, 0.6) is 11.5 Å². The van der Waals surface area contributed by atoms with E-state index in [9.17, 15) is 19.8 Å². The van der Waals surface area contributed by atoms with Gasteiger partial charge in [-0.1, -0.05) is 13.3 Å². The summed E-state index contributed by atoms with van der Waals surface area (Å²) in [5.41, 5.74) is 0.0816. The van der Waals surface area contributed by atoms with Crippen molar-refractivity contribution in [3.8, 4) is 11.5 Å². The minimum absolute atomic E-state index is 0.0123. The first-order chi connectivity index (χ1) is 8.93. The monoisotopic (exact) mass is 267 g/mol. The summed E-state index contributed by atoms with van der Waals surface area (Å²) in [5.74, 6) is -2.59. The van der Waals surface area contributed by atoms with Crippen LogP contribution in [-0.4, -0.2) is 33.7 Å². The van der Waals surface area contributed by atoms with Gasteiger partial charge < -0.3 is 20.6 Å². The molecule has 1 aromatic rings. The highest BCUT2D eigenvalue weighted by molar-refractivity contribution is 5.95. The summed E-state index contributed by atoms with van der Waals surface area (Å²) < 4.78 is 0. The van der Waals surface area contributed by atoms with Gasteiger partial charge in [0, 0.05) is 18.2 Å². The Morgan fingerprint density at radius 2 is 1.79 bits per heavy atom. The minimum Gasteiger partial charge on any atom is -0.508 e. The number of phenols is 2. The van der Waals surface area contributed by atoms with Gasteiger partial charge >= 0.3 is 5.97 Å². The molecule has 1 rings (SSSR count). The van der Waals surface area contributed by atoms with Crippen LogP contribution in [0.15, 0.2) is 18.2 Å². The quantitative estimate of drug-likeness (QED) is 0.622. The van der Waals surface area contributed by atoms with Crippen LogP contribution < -0.4 is 5.32 Å². The number of phenolic OH excluding ortho intramolecular Hbond substituents is 2. The average Bonchev–Trinajstić information content (AvgIpc) is 2.32. The van der Waals surface area contributed by atoms with E-state index in [2.05, 4.69) is 5.32 Å². The normalized spacial score (nSPS) is 11.8. The second kappa shape index (κ2) is 6.63. The Kier molecular flexibility index (Phi) is 5.17. The van der Waals surface area contributed by atoms with Crippen LogP contribution in [0.4, 0.5) is 0 Å². The number of aromatic hydroxyl groups is 2. The van der Waals surface area contributed by atoms with Crippen molar-refractivity contribution in [2.45, 2.75) is 19.8 Å². The summed E-state index contributed by atoms with van der Waals surface area (Å²) in [4.78, 5) is 22.7. The number of hydrogen-bond donors (Lipinski definition) is 4. The Labute approximate surface area is 110 Å². The summed E-state index contributed by atoms with van der Waals surface area (Å²) in [6.45, 7) is 1.88. The van der Waals surface area contributed by atoms with Crippen LogP contribution in [0.1, 0.15) is 30.1 Å². The van der Waals surface area contributed by atoms with Gasteiger partial charge in [0.25, 0.3) is 5.91 Å². The van der Waals surface area contributed by atoms with E-state index in [1.54, 1.807) is 0 Å². The molecule has 0 aliphatic carbocycles. The predicted molar refractivity (Wildman–Crippen MR) is 68.1 cm³/mol. The van der Waals surface area contributed by atoms with Crippen molar-refractivity contribution < 1.29 is 24.9 Å². The zero-order chi connectivity index (χ0) is 14.4. The number of aliphatic carboxylic acids is 1. The van der Waals surface area contributed by atoms with E-state index in [-0.39, 0.29) is 23.6 Å². The molecule has 4 N–H and O–H groups in total.